The van der Waals surface area contributed by atoms with Crippen LogP contribution in [-0.4, -0.2) is 11.0 Å². The van der Waals surface area contributed by atoms with Crippen LogP contribution in [0.5, 0.6) is 0 Å². The molecule has 0 fully saturated rings. The van der Waals surface area contributed by atoms with Crippen LogP contribution in [0, 0.1) is 0 Å². The molecule has 0 aliphatic rings. The fraction of sp³-hybridized carbons (Fsp3) is 0.364. The van der Waals surface area contributed by atoms with Crippen molar-refractivity contribution >= 4 is 0 Å². The van der Waals surface area contributed by atoms with Gasteiger partial charge in [0.1, 0.15) is 0 Å². The average Bonchev–Trinajstić information content (AvgIpc) is 2.04. The second kappa shape index (κ2) is 4.77. The summed E-state index contributed by atoms with van der Waals surface area (Å²) in [6.45, 7) is 4.11. The summed E-state index contributed by atoms with van der Waals surface area (Å²) >= 11 is 0. The summed E-state index contributed by atoms with van der Waals surface area (Å²) in [5.41, 5.74) is 8.19. The second-order valence-electron chi connectivity index (χ2n) is 3.43. The van der Waals surface area contributed by atoms with Crippen LogP contribution >= 0.6 is 0 Å². The molecule has 1 atom stereocenters. The van der Waals surface area contributed by atoms with E-state index in [2.05, 4.69) is 24.9 Å². The van der Waals surface area contributed by atoms with E-state index in [0.717, 1.165) is 12.1 Å². The van der Waals surface area contributed by atoms with Gasteiger partial charge in [0.25, 0.3) is 0 Å². The third-order valence-electron chi connectivity index (χ3n) is 1.72. The molecule has 0 saturated heterocycles. The molecule has 13 heavy (non-hydrogen) atoms. The number of aromatic nitrogens is 1. The van der Waals surface area contributed by atoms with Gasteiger partial charge in [-0.15, -0.1) is 0 Å². The number of pyridine rings is 1. The molecule has 0 bridgehead atoms. The number of hydrogen-bond donors (Lipinski definition) is 1. The van der Waals surface area contributed by atoms with Gasteiger partial charge in [0.15, 0.2) is 0 Å². The van der Waals surface area contributed by atoms with Crippen LogP contribution in [0.4, 0.5) is 0 Å². The number of rotatable bonds is 3. The van der Waals surface area contributed by atoms with Crippen LogP contribution in [-0.2, 0) is 6.42 Å². The zero-order valence-corrected chi connectivity index (χ0v) is 8.20. The lowest BCUT2D eigenvalue weighted by Gasteiger charge is -2.06. The topological polar surface area (TPSA) is 38.9 Å². The first-order valence-electron chi connectivity index (χ1n) is 4.49. The Hall–Kier alpha value is -1.15. The van der Waals surface area contributed by atoms with Gasteiger partial charge < -0.3 is 5.73 Å². The van der Waals surface area contributed by atoms with E-state index in [1.165, 1.54) is 5.57 Å². The van der Waals surface area contributed by atoms with E-state index in [1.54, 1.807) is 6.20 Å². The Morgan fingerprint density at radius 2 is 2.31 bits per heavy atom. The minimum Gasteiger partial charge on any atom is -0.324 e. The quantitative estimate of drug-likeness (QED) is 0.714. The van der Waals surface area contributed by atoms with Gasteiger partial charge in [0, 0.05) is 24.4 Å². The van der Waals surface area contributed by atoms with Gasteiger partial charge in [-0.1, -0.05) is 17.7 Å². The van der Waals surface area contributed by atoms with Gasteiger partial charge in [-0.05, 0) is 26.0 Å². The Kier molecular flexibility index (Phi) is 3.65. The lowest BCUT2D eigenvalue weighted by molar-refractivity contribution is 0.782. The standard InChI is InChI=1S/C11H16N2/c1-9(2)7-10(12)8-11-5-3-4-6-13-11/h3-7,10H,8,12H2,1-2H3. The zero-order valence-electron chi connectivity index (χ0n) is 8.20. The van der Waals surface area contributed by atoms with Crippen molar-refractivity contribution in [2.75, 3.05) is 0 Å². The molecule has 2 heteroatoms. The Morgan fingerprint density at radius 1 is 1.54 bits per heavy atom. The van der Waals surface area contributed by atoms with Gasteiger partial charge in [-0.2, -0.15) is 0 Å². The van der Waals surface area contributed by atoms with E-state index in [1.807, 2.05) is 18.2 Å². The van der Waals surface area contributed by atoms with Crippen LogP contribution in [0.2, 0.25) is 0 Å². The van der Waals surface area contributed by atoms with Crippen LogP contribution in [0.1, 0.15) is 19.5 Å². The smallest absolute Gasteiger partial charge is 0.0422 e. The predicted molar refractivity (Wildman–Crippen MR) is 55.3 cm³/mol. The van der Waals surface area contributed by atoms with E-state index in [-0.39, 0.29) is 6.04 Å². The highest BCUT2D eigenvalue weighted by atomic mass is 14.7. The molecule has 0 aromatic carbocycles. The Labute approximate surface area is 79.5 Å². The third kappa shape index (κ3) is 3.85. The van der Waals surface area contributed by atoms with Gasteiger partial charge >= 0.3 is 0 Å². The van der Waals surface area contributed by atoms with Crippen molar-refractivity contribution in [1.29, 1.82) is 0 Å². The van der Waals surface area contributed by atoms with Gasteiger partial charge in [-0.3, -0.25) is 4.98 Å². The summed E-state index contributed by atoms with van der Waals surface area (Å²) < 4.78 is 0. The third-order valence-corrected chi connectivity index (χ3v) is 1.72. The summed E-state index contributed by atoms with van der Waals surface area (Å²) in [7, 11) is 0. The number of nitrogens with zero attached hydrogens (tertiary/aromatic N) is 1. The number of hydrogen-bond acceptors (Lipinski definition) is 2. The zero-order chi connectivity index (χ0) is 9.68. The Balaban J connectivity index is 2.55. The SMILES string of the molecule is CC(C)=CC(N)Cc1ccccn1. The van der Waals surface area contributed by atoms with Crippen LogP contribution < -0.4 is 5.73 Å². The lowest BCUT2D eigenvalue weighted by Crippen LogP contribution is -2.20. The van der Waals surface area contributed by atoms with Crippen LogP contribution in [0.3, 0.4) is 0 Å². The van der Waals surface area contributed by atoms with Gasteiger partial charge in [0.05, 0.1) is 0 Å². The van der Waals surface area contributed by atoms with Crippen molar-refractivity contribution in [3.63, 3.8) is 0 Å². The van der Waals surface area contributed by atoms with E-state index >= 15 is 0 Å². The van der Waals surface area contributed by atoms with E-state index < -0.39 is 0 Å². The maximum Gasteiger partial charge on any atom is 0.0422 e. The summed E-state index contributed by atoms with van der Waals surface area (Å²) in [5, 5.41) is 0. The highest BCUT2D eigenvalue weighted by Gasteiger charge is 2.00. The molecule has 0 spiro atoms. The monoisotopic (exact) mass is 176 g/mol. The molecule has 0 saturated carbocycles. The molecule has 1 rings (SSSR count). The molecule has 2 N–H and O–H groups in total. The molecule has 1 heterocycles. The van der Waals surface area contributed by atoms with E-state index in [9.17, 15) is 0 Å². The summed E-state index contributed by atoms with van der Waals surface area (Å²) in [6.07, 6.45) is 4.67. The van der Waals surface area contributed by atoms with Gasteiger partial charge in [0.2, 0.25) is 0 Å². The van der Waals surface area contributed by atoms with Crippen molar-refractivity contribution in [2.45, 2.75) is 26.3 Å². The largest absolute Gasteiger partial charge is 0.324 e. The minimum absolute atomic E-state index is 0.0832. The first-order valence-corrected chi connectivity index (χ1v) is 4.49. The summed E-state index contributed by atoms with van der Waals surface area (Å²) in [4.78, 5) is 4.22. The number of allylic oxidation sites excluding steroid dienone is 1. The lowest BCUT2D eigenvalue weighted by atomic mass is 10.1. The second-order valence-corrected chi connectivity index (χ2v) is 3.43. The Morgan fingerprint density at radius 3 is 2.85 bits per heavy atom. The van der Waals surface area contributed by atoms with Crippen molar-refractivity contribution in [2.24, 2.45) is 5.73 Å². The molecule has 1 unspecified atom stereocenters. The maximum absolute atomic E-state index is 5.89. The fourth-order valence-corrected chi connectivity index (χ4v) is 1.25. The minimum atomic E-state index is 0.0832. The molecule has 0 aliphatic carbocycles. The van der Waals surface area contributed by atoms with E-state index in [4.69, 9.17) is 5.73 Å². The summed E-state index contributed by atoms with van der Waals surface area (Å²) in [5.74, 6) is 0. The first kappa shape index (κ1) is 9.93. The van der Waals surface area contributed by atoms with Crippen molar-refractivity contribution in [3.8, 4) is 0 Å². The van der Waals surface area contributed by atoms with Crippen LogP contribution in [0.15, 0.2) is 36.0 Å². The van der Waals surface area contributed by atoms with Crippen LogP contribution in [0.25, 0.3) is 0 Å². The highest BCUT2D eigenvalue weighted by molar-refractivity contribution is 5.09. The van der Waals surface area contributed by atoms with Gasteiger partial charge in [-0.25, -0.2) is 0 Å². The number of nitrogens with two attached hydrogens (primary N) is 1. The molecule has 2 nitrogen and oxygen atoms in total. The molecule has 0 radical (unpaired) electrons. The molecule has 1 aromatic heterocycles. The maximum atomic E-state index is 5.89. The predicted octanol–water partition coefficient (Wildman–Crippen LogP) is 1.92. The molecular formula is C11H16N2. The van der Waals surface area contributed by atoms with Crippen molar-refractivity contribution in [1.82, 2.24) is 4.98 Å². The summed E-state index contributed by atoms with van der Waals surface area (Å²) in [6, 6.07) is 5.98. The fourth-order valence-electron chi connectivity index (χ4n) is 1.25. The normalized spacial score (nSPS) is 12.2. The average molecular weight is 176 g/mol. The Bertz CT molecular complexity index is 273. The molecule has 0 aliphatic heterocycles. The van der Waals surface area contributed by atoms with Crippen molar-refractivity contribution < 1.29 is 0 Å². The van der Waals surface area contributed by atoms with Crippen molar-refractivity contribution in [3.05, 3.63) is 41.7 Å². The highest BCUT2D eigenvalue weighted by Crippen LogP contribution is 2.00. The van der Waals surface area contributed by atoms with E-state index in [0.29, 0.717) is 0 Å². The molecule has 1 aromatic rings. The molecular weight excluding hydrogens is 160 g/mol. The molecule has 0 amide bonds. The first-order chi connectivity index (χ1) is 6.18. The molecule has 70 valence electrons.